The maximum absolute atomic E-state index is 13.5. The lowest BCUT2D eigenvalue weighted by Gasteiger charge is -2.26. The largest absolute Gasteiger partial charge is 0.467 e. The molecule has 0 aliphatic carbocycles. The number of amides is 1. The molecule has 0 spiro atoms. The Morgan fingerprint density at radius 2 is 1.71 bits per heavy atom. The van der Waals surface area contributed by atoms with Crippen LogP contribution >= 0.6 is 0 Å². The summed E-state index contributed by atoms with van der Waals surface area (Å²) < 4.78 is 7.22. The lowest BCUT2D eigenvalue weighted by atomic mass is 10.1. The van der Waals surface area contributed by atoms with Crippen molar-refractivity contribution < 1.29 is 14.3 Å². The molecule has 8 heteroatoms. The Balaban J connectivity index is 1.92. The standard InChI is InChI=1S/C30H49N5O3/c1-6-8-19-34(20-9-7-2)28(36)24-14-15-25-26(22-24)35(21-13-18-33-16-11-10-12-17-33)30(31-25)32-27(23(3)4)29(37)38-5/h14-15,22-23,27H,6-13,16-21H2,1-5H3,(H,31,32). The van der Waals surface area contributed by atoms with Crippen LogP contribution in [0.15, 0.2) is 18.2 Å². The monoisotopic (exact) mass is 527 g/mol. The van der Waals surface area contributed by atoms with Gasteiger partial charge in [0, 0.05) is 25.2 Å². The van der Waals surface area contributed by atoms with Crippen molar-refractivity contribution in [3.05, 3.63) is 23.8 Å². The summed E-state index contributed by atoms with van der Waals surface area (Å²) in [6.45, 7) is 14.0. The van der Waals surface area contributed by atoms with E-state index in [0.717, 1.165) is 82.4 Å². The smallest absolute Gasteiger partial charge is 0.328 e. The zero-order valence-electron chi connectivity index (χ0n) is 24.3. The van der Waals surface area contributed by atoms with Gasteiger partial charge in [-0.25, -0.2) is 9.78 Å². The van der Waals surface area contributed by atoms with Crippen LogP contribution in [0, 0.1) is 5.92 Å². The number of unbranched alkanes of at least 4 members (excludes halogenated alkanes) is 2. The van der Waals surface area contributed by atoms with E-state index in [4.69, 9.17) is 9.72 Å². The summed E-state index contributed by atoms with van der Waals surface area (Å²) in [6, 6.07) is 5.32. The van der Waals surface area contributed by atoms with Gasteiger partial charge < -0.3 is 24.4 Å². The van der Waals surface area contributed by atoms with Gasteiger partial charge in [-0.3, -0.25) is 4.79 Å². The number of carbonyl (C=O) groups excluding carboxylic acids is 2. The Labute approximate surface area is 229 Å². The third-order valence-electron chi connectivity index (χ3n) is 7.56. The predicted molar refractivity (Wildman–Crippen MR) is 155 cm³/mol. The van der Waals surface area contributed by atoms with Gasteiger partial charge in [-0.05, 0) is 75.9 Å². The van der Waals surface area contributed by atoms with Crippen LogP contribution in [0.4, 0.5) is 5.95 Å². The Bertz CT molecular complexity index is 1020. The van der Waals surface area contributed by atoms with Crippen LogP contribution in [0.3, 0.4) is 0 Å². The van der Waals surface area contributed by atoms with Crippen LogP contribution in [0.2, 0.25) is 0 Å². The number of imidazole rings is 1. The number of aromatic nitrogens is 2. The fraction of sp³-hybridized carbons (Fsp3) is 0.700. The summed E-state index contributed by atoms with van der Waals surface area (Å²) in [4.78, 5) is 35.5. The molecule has 1 aromatic carbocycles. The number of fused-ring (bicyclic) bond motifs is 1. The Kier molecular flexibility index (Phi) is 11.9. The van der Waals surface area contributed by atoms with Gasteiger partial charge in [0.1, 0.15) is 6.04 Å². The molecule has 0 radical (unpaired) electrons. The maximum Gasteiger partial charge on any atom is 0.328 e. The van der Waals surface area contributed by atoms with E-state index < -0.39 is 6.04 Å². The molecule has 1 unspecified atom stereocenters. The van der Waals surface area contributed by atoms with Crippen molar-refractivity contribution in [1.82, 2.24) is 19.4 Å². The SMILES string of the molecule is CCCCN(CCCC)C(=O)c1ccc2nc(NC(C(=O)OC)C(C)C)n(CCCN3CCCCC3)c2c1. The first-order valence-electron chi connectivity index (χ1n) is 14.8. The number of nitrogens with zero attached hydrogens (tertiary/aromatic N) is 4. The van der Waals surface area contributed by atoms with E-state index in [1.807, 2.05) is 36.9 Å². The number of piperidine rings is 1. The third-order valence-corrected chi connectivity index (χ3v) is 7.56. The highest BCUT2D eigenvalue weighted by molar-refractivity contribution is 5.98. The van der Waals surface area contributed by atoms with Gasteiger partial charge in [-0.2, -0.15) is 0 Å². The molecule has 2 aromatic rings. The molecule has 0 saturated carbocycles. The minimum absolute atomic E-state index is 0.0342. The number of nitrogens with one attached hydrogen (secondary N) is 1. The summed E-state index contributed by atoms with van der Waals surface area (Å²) in [6.07, 6.45) is 8.97. The zero-order valence-corrected chi connectivity index (χ0v) is 24.3. The molecular weight excluding hydrogens is 478 g/mol. The van der Waals surface area contributed by atoms with E-state index in [2.05, 4.69) is 28.6 Å². The van der Waals surface area contributed by atoms with Crippen molar-refractivity contribution in [2.24, 2.45) is 5.92 Å². The topological polar surface area (TPSA) is 79.7 Å². The number of carbonyl (C=O) groups is 2. The number of ether oxygens (including phenoxy) is 1. The summed E-state index contributed by atoms with van der Waals surface area (Å²) in [7, 11) is 1.42. The van der Waals surface area contributed by atoms with Gasteiger partial charge in [-0.15, -0.1) is 0 Å². The average molecular weight is 528 g/mol. The minimum Gasteiger partial charge on any atom is -0.467 e. The molecule has 0 bridgehead atoms. The van der Waals surface area contributed by atoms with Crippen molar-refractivity contribution in [3.63, 3.8) is 0 Å². The lowest BCUT2D eigenvalue weighted by molar-refractivity contribution is -0.142. The number of rotatable bonds is 15. The van der Waals surface area contributed by atoms with E-state index in [1.165, 1.54) is 26.4 Å². The molecule has 212 valence electrons. The normalized spacial score (nSPS) is 15.1. The Morgan fingerprint density at radius 3 is 2.32 bits per heavy atom. The molecule has 3 rings (SSSR count). The summed E-state index contributed by atoms with van der Waals surface area (Å²) in [5.74, 6) is 0.470. The molecular formula is C30H49N5O3. The van der Waals surface area contributed by atoms with Gasteiger partial charge in [0.2, 0.25) is 5.95 Å². The van der Waals surface area contributed by atoms with E-state index in [-0.39, 0.29) is 17.8 Å². The molecule has 8 nitrogen and oxygen atoms in total. The summed E-state index contributed by atoms with van der Waals surface area (Å²) in [5, 5.41) is 3.37. The fourth-order valence-corrected chi connectivity index (χ4v) is 5.19. The lowest BCUT2D eigenvalue weighted by Crippen LogP contribution is -2.36. The molecule has 1 amide bonds. The van der Waals surface area contributed by atoms with Gasteiger partial charge in [0.15, 0.2) is 0 Å². The van der Waals surface area contributed by atoms with Crippen molar-refractivity contribution in [2.45, 2.75) is 91.6 Å². The molecule has 1 aliphatic rings. The second-order valence-electron chi connectivity index (χ2n) is 10.9. The van der Waals surface area contributed by atoms with Crippen LogP contribution in [-0.2, 0) is 16.1 Å². The van der Waals surface area contributed by atoms with E-state index in [9.17, 15) is 9.59 Å². The first-order chi connectivity index (χ1) is 18.4. The third kappa shape index (κ3) is 7.95. The molecule has 1 aromatic heterocycles. The van der Waals surface area contributed by atoms with Crippen molar-refractivity contribution in [1.29, 1.82) is 0 Å². The highest BCUT2D eigenvalue weighted by atomic mass is 16.5. The van der Waals surface area contributed by atoms with E-state index >= 15 is 0 Å². The number of benzene rings is 1. The van der Waals surface area contributed by atoms with Gasteiger partial charge in [0.25, 0.3) is 5.91 Å². The number of anilines is 1. The number of hydrogen-bond acceptors (Lipinski definition) is 6. The molecule has 38 heavy (non-hydrogen) atoms. The molecule has 1 aliphatic heterocycles. The zero-order chi connectivity index (χ0) is 27.5. The highest BCUT2D eigenvalue weighted by Crippen LogP contribution is 2.25. The first-order valence-corrected chi connectivity index (χ1v) is 14.8. The van der Waals surface area contributed by atoms with Crippen LogP contribution in [0.5, 0.6) is 0 Å². The van der Waals surface area contributed by atoms with E-state index in [1.54, 1.807) is 0 Å². The molecule has 1 saturated heterocycles. The van der Waals surface area contributed by atoms with Crippen molar-refractivity contribution in [2.75, 3.05) is 45.2 Å². The van der Waals surface area contributed by atoms with Crippen molar-refractivity contribution >= 4 is 28.9 Å². The molecule has 1 atom stereocenters. The number of hydrogen-bond donors (Lipinski definition) is 1. The number of esters is 1. The Morgan fingerprint density at radius 1 is 1.03 bits per heavy atom. The second-order valence-corrected chi connectivity index (χ2v) is 10.9. The fourth-order valence-electron chi connectivity index (χ4n) is 5.19. The second kappa shape index (κ2) is 15.1. The number of methoxy groups -OCH3 is 1. The quantitative estimate of drug-likeness (QED) is 0.305. The summed E-state index contributed by atoms with van der Waals surface area (Å²) in [5.41, 5.74) is 2.44. The van der Waals surface area contributed by atoms with Gasteiger partial charge >= 0.3 is 5.97 Å². The van der Waals surface area contributed by atoms with E-state index in [0.29, 0.717) is 11.5 Å². The average Bonchev–Trinajstić information content (AvgIpc) is 3.27. The number of likely N-dealkylation sites (tertiary alicyclic amines) is 1. The van der Waals surface area contributed by atoms with Gasteiger partial charge in [-0.1, -0.05) is 47.0 Å². The van der Waals surface area contributed by atoms with Crippen LogP contribution in [-0.4, -0.2) is 77.1 Å². The van der Waals surface area contributed by atoms with Crippen LogP contribution in [0.1, 0.15) is 89.4 Å². The van der Waals surface area contributed by atoms with Crippen molar-refractivity contribution in [3.8, 4) is 0 Å². The Hall–Kier alpha value is -2.61. The highest BCUT2D eigenvalue weighted by Gasteiger charge is 2.26. The number of aryl methyl sites for hydroxylation is 1. The molecule has 2 heterocycles. The predicted octanol–water partition coefficient (Wildman–Crippen LogP) is 5.56. The van der Waals surface area contributed by atoms with Crippen LogP contribution < -0.4 is 5.32 Å². The first kappa shape index (κ1) is 29.9. The van der Waals surface area contributed by atoms with Crippen LogP contribution in [0.25, 0.3) is 11.0 Å². The molecule has 1 N–H and O–H groups in total. The van der Waals surface area contributed by atoms with Gasteiger partial charge in [0.05, 0.1) is 18.1 Å². The summed E-state index contributed by atoms with van der Waals surface area (Å²) >= 11 is 0. The maximum atomic E-state index is 13.5. The minimum atomic E-state index is -0.502. The molecule has 1 fully saturated rings.